The number of carboxylic acids is 1. The molecule has 2 aromatic rings. The van der Waals surface area contributed by atoms with Crippen LogP contribution in [0.4, 0.5) is 14.5 Å². The monoisotopic (exact) mass is 313 g/mol. The number of carbonyl (C=O) groups is 2. The molecule has 0 unspecified atom stereocenters. The van der Waals surface area contributed by atoms with Gasteiger partial charge in [-0.05, 0) is 6.07 Å². The number of amides is 1. The number of benzene rings is 1. The minimum atomic E-state index is -1.59. The molecule has 0 spiro atoms. The Labute approximate surface area is 121 Å². The molecular formula is C12H6ClF2N3O3. The second kappa shape index (κ2) is 5.80. The van der Waals surface area contributed by atoms with E-state index in [1.54, 1.807) is 0 Å². The Balaban J connectivity index is 2.33. The number of hydrogen-bond donors (Lipinski definition) is 2. The molecule has 0 atom stereocenters. The molecule has 0 aliphatic heterocycles. The first kappa shape index (κ1) is 14.8. The lowest BCUT2D eigenvalue weighted by atomic mass is 10.1. The van der Waals surface area contributed by atoms with Gasteiger partial charge in [0.25, 0.3) is 5.91 Å². The molecule has 2 N–H and O–H groups in total. The molecule has 2 rings (SSSR count). The van der Waals surface area contributed by atoms with Crippen LogP contribution in [0.2, 0.25) is 5.15 Å². The summed E-state index contributed by atoms with van der Waals surface area (Å²) in [6, 6.07) is 1.03. The molecule has 9 heteroatoms. The summed E-state index contributed by atoms with van der Waals surface area (Å²) in [5, 5.41) is 10.8. The predicted octanol–water partition coefficient (Wildman–Crippen LogP) is 2.36. The first-order chi connectivity index (χ1) is 9.88. The first-order valence-electron chi connectivity index (χ1n) is 5.39. The van der Waals surface area contributed by atoms with Crippen molar-refractivity contribution in [3.8, 4) is 0 Å². The summed E-state index contributed by atoms with van der Waals surface area (Å²) >= 11 is 5.56. The number of hydrogen-bond acceptors (Lipinski definition) is 4. The van der Waals surface area contributed by atoms with Crippen molar-refractivity contribution in [1.82, 2.24) is 9.97 Å². The Morgan fingerprint density at radius 1 is 1.19 bits per heavy atom. The van der Waals surface area contributed by atoms with E-state index in [0.717, 1.165) is 6.20 Å². The predicted molar refractivity (Wildman–Crippen MR) is 68.3 cm³/mol. The summed E-state index contributed by atoms with van der Waals surface area (Å²) in [4.78, 5) is 29.9. The Morgan fingerprint density at radius 2 is 1.90 bits per heavy atom. The normalized spacial score (nSPS) is 10.2. The van der Waals surface area contributed by atoms with Gasteiger partial charge in [0.15, 0.2) is 0 Å². The molecule has 0 aliphatic carbocycles. The fourth-order valence-electron chi connectivity index (χ4n) is 1.45. The van der Waals surface area contributed by atoms with Crippen LogP contribution in [-0.2, 0) is 0 Å². The summed E-state index contributed by atoms with van der Waals surface area (Å²) in [7, 11) is 0. The second-order valence-corrected chi connectivity index (χ2v) is 4.19. The van der Waals surface area contributed by atoms with Gasteiger partial charge in [-0.3, -0.25) is 9.78 Å². The standard InChI is InChI=1S/C12H6ClF2N3O3/c13-10-4-16-3-9(17-10)11(19)18-8-1-5(12(20)21)6(14)2-7(8)15/h1-4H,(H,18,19)(H,20,21). The van der Waals surface area contributed by atoms with Crippen molar-refractivity contribution in [2.75, 3.05) is 5.32 Å². The van der Waals surface area contributed by atoms with Gasteiger partial charge in [0.05, 0.1) is 23.6 Å². The summed E-state index contributed by atoms with van der Waals surface area (Å²) in [6.07, 6.45) is 2.28. The molecular weight excluding hydrogens is 308 g/mol. The Hall–Kier alpha value is -2.61. The Morgan fingerprint density at radius 3 is 2.52 bits per heavy atom. The molecule has 0 saturated carbocycles. The fraction of sp³-hybridized carbons (Fsp3) is 0. The van der Waals surface area contributed by atoms with Gasteiger partial charge < -0.3 is 10.4 Å². The highest BCUT2D eigenvalue weighted by Crippen LogP contribution is 2.20. The van der Waals surface area contributed by atoms with Gasteiger partial charge in [0.1, 0.15) is 22.5 Å². The van der Waals surface area contributed by atoms with Crippen molar-refractivity contribution >= 4 is 29.2 Å². The molecule has 1 aromatic carbocycles. The summed E-state index contributed by atoms with van der Waals surface area (Å²) in [5.41, 5.74) is -1.48. The third kappa shape index (κ3) is 3.29. The third-order valence-corrected chi connectivity index (χ3v) is 2.56. The number of nitrogens with zero attached hydrogens (tertiary/aromatic N) is 2. The van der Waals surface area contributed by atoms with Gasteiger partial charge in [-0.15, -0.1) is 0 Å². The van der Waals surface area contributed by atoms with Crippen LogP contribution < -0.4 is 5.32 Å². The Bertz CT molecular complexity index is 740. The number of halogens is 3. The number of aromatic nitrogens is 2. The van der Waals surface area contributed by atoms with Crippen LogP contribution in [0, 0.1) is 11.6 Å². The summed E-state index contributed by atoms with van der Waals surface area (Å²) in [5.74, 6) is -4.83. The molecule has 21 heavy (non-hydrogen) atoms. The zero-order chi connectivity index (χ0) is 15.6. The van der Waals surface area contributed by atoms with E-state index in [-0.39, 0.29) is 10.8 Å². The van der Waals surface area contributed by atoms with Gasteiger partial charge in [-0.25, -0.2) is 18.6 Å². The van der Waals surface area contributed by atoms with Gasteiger partial charge in [0.2, 0.25) is 0 Å². The van der Waals surface area contributed by atoms with Crippen molar-refractivity contribution in [3.63, 3.8) is 0 Å². The molecule has 1 heterocycles. The molecule has 1 aromatic heterocycles. The van der Waals surface area contributed by atoms with Crippen LogP contribution in [0.5, 0.6) is 0 Å². The van der Waals surface area contributed by atoms with Crippen molar-refractivity contribution in [2.24, 2.45) is 0 Å². The van der Waals surface area contributed by atoms with E-state index in [4.69, 9.17) is 16.7 Å². The minimum Gasteiger partial charge on any atom is -0.478 e. The van der Waals surface area contributed by atoms with E-state index in [1.165, 1.54) is 6.20 Å². The van der Waals surface area contributed by atoms with Gasteiger partial charge in [-0.1, -0.05) is 11.6 Å². The van der Waals surface area contributed by atoms with Gasteiger partial charge in [0, 0.05) is 6.07 Å². The molecule has 0 saturated heterocycles. The topological polar surface area (TPSA) is 92.2 Å². The van der Waals surface area contributed by atoms with Crippen LogP contribution in [0.3, 0.4) is 0 Å². The zero-order valence-electron chi connectivity index (χ0n) is 10.1. The molecule has 6 nitrogen and oxygen atoms in total. The number of aromatic carboxylic acids is 1. The third-order valence-electron chi connectivity index (χ3n) is 2.37. The number of carboxylic acid groups (broad SMARTS) is 1. The van der Waals surface area contributed by atoms with Crippen LogP contribution in [-0.4, -0.2) is 27.0 Å². The average Bonchev–Trinajstić information content (AvgIpc) is 2.41. The molecule has 0 fully saturated rings. The second-order valence-electron chi connectivity index (χ2n) is 3.80. The Kier molecular flexibility index (Phi) is 4.08. The van der Waals surface area contributed by atoms with Crippen LogP contribution in [0.1, 0.15) is 20.8 Å². The van der Waals surface area contributed by atoms with E-state index in [9.17, 15) is 18.4 Å². The smallest absolute Gasteiger partial charge is 0.338 e. The van der Waals surface area contributed by atoms with Crippen molar-refractivity contribution in [1.29, 1.82) is 0 Å². The highest BCUT2D eigenvalue weighted by atomic mass is 35.5. The number of rotatable bonds is 3. The highest BCUT2D eigenvalue weighted by Gasteiger charge is 2.18. The minimum absolute atomic E-state index is 0.0477. The van der Waals surface area contributed by atoms with E-state index in [2.05, 4.69) is 15.3 Å². The first-order valence-corrected chi connectivity index (χ1v) is 5.77. The fourth-order valence-corrected chi connectivity index (χ4v) is 1.59. The maximum Gasteiger partial charge on any atom is 0.338 e. The number of anilines is 1. The average molecular weight is 314 g/mol. The zero-order valence-corrected chi connectivity index (χ0v) is 10.9. The van der Waals surface area contributed by atoms with E-state index in [1.807, 2.05) is 0 Å². The lowest BCUT2D eigenvalue weighted by Crippen LogP contribution is -2.16. The van der Waals surface area contributed by atoms with E-state index < -0.39 is 34.8 Å². The molecule has 0 bridgehead atoms. The number of nitrogens with one attached hydrogen (secondary N) is 1. The van der Waals surface area contributed by atoms with Crippen LogP contribution in [0.15, 0.2) is 24.5 Å². The molecule has 0 radical (unpaired) electrons. The SMILES string of the molecule is O=C(Nc1cc(C(=O)O)c(F)cc1F)c1cncc(Cl)n1. The number of carbonyl (C=O) groups excluding carboxylic acids is 1. The lowest BCUT2D eigenvalue weighted by Gasteiger charge is -2.07. The molecule has 1 amide bonds. The maximum absolute atomic E-state index is 13.5. The lowest BCUT2D eigenvalue weighted by molar-refractivity contribution is 0.0691. The van der Waals surface area contributed by atoms with Crippen molar-refractivity contribution < 1.29 is 23.5 Å². The quantitative estimate of drug-likeness (QED) is 0.907. The van der Waals surface area contributed by atoms with Crippen molar-refractivity contribution in [3.05, 3.63) is 52.6 Å². The van der Waals surface area contributed by atoms with Crippen LogP contribution in [0.25, 0.3) is 0 Å². The van der Waals surface area contributed by atoms with Crippen molar-refractivity contribution in [2.45, 2.75) is 0 Å². The van der Waals surface area contributed by atoms with E-state index in [0.29, 0.717) is 12.1 Å². The molecule has 0 aliphatic rings. The van der Waals surface area contributed by atoms with Gasteiger partial charge in [-0.2, -0.15) is 0 Å². The summed E-state index contributed by atoms with van der Waals surface area (Å²) in [6.45, 7) is 0. The largest absolute Gasteiger partial charge is 0.478 e. The summed E-state index contributed by atoms with van der Waals surface area (Å²) < 4.78 is 26.8. The van der Waals surface area contributed by atoms with Crippen LogP contribution >= 0.6 is 11.6 Å². The molecule has 108 valence electrons. The van der Waals surface area contributed by atoms with E-state index >= 15 is 0 Å². The maximum atomic E-state index is 13.5. The van der Waals surface area contributed by atoms with Gasteiger partial charge >= 0.3 is 5.97 Å². The highest BCUT2D eigenvalue weighted by molar-refractivity contribution is 6.29.